The summed E-state index contributed by atoms with van der Waals surface area (Å²) in [5.41, 5.74) is 1.03. The molecular weight excluding hydrogens is 318 g/mol. The summed E-state index contributed by atoms with van der Waals surface area (Å²) >= 11 is 0. The highest BCUT2D eigenvalue weighted by Crippen LogP contribution is 2.19. The van der Waals surface area contributed by atoms with Crippen molar-refractivity contribution in [2.45, 2.75) is 6.10 Å². The first-order valence-corrected chi connectivity index (χ1v) is 7.82. The van der Waals surface area contributed by atoms with E-state index < -0.39 is 24.6 Å². The largest absolute Gasteiger partial charge is 0.453 e. The Morgan fingerprint density at radius 3 is 2.36 bits per heavy atom. The molecule has 0 heterocycles. The van der Waals surface area contributed by atoms with Crippen molar-refractivity contribution in [3.8, 4) is 0 Å². The monoisotopic (exact) mass is 335 g/mol. The van der Waals surface area contributed by atoms with E-state index in [-0.39, 0.29) is 0 Å². The maximum Gasteiger partial charge on any atom is 0.340 e. The number of carbonyl (C=O) groups excluding carboxylic acids is 2. The summed E-state index contributed by atoms with van der Waals surface area (Å²) in [6, 6.07) is 21.7. The van der Waals surface area contributed by atoms with Crippen LogP contribution in [-0.2, 0) is 14.3 Å². The first-order valence-electron chi connectivity index (χ1n) is 7.82. The number of esters is 1. The molecule has 25 heavy (non-hydrogen) atoms. The van der Waals surface area contributed by atoms with Crippen LogP contribution < -0.4 is 5.32 Å². The van der Waals surface area contributed by atoms with Gasteiger partial charge in [-0.25, -0.2) is 4.79 Å². The zero-order valence-electron chi connectivity index (χ0n) is 13.4. The molecule has 2 N–H and O–H groups in total. The number of ether oxygens (including phenoxy) is 1. The van der Waals surface area contributed by atoms with E-state index in [0.717, 1.165) is 10.8 Å². The second-order valence-electron chi connectivity index (χ2n) is 5.53. The zero-order chi connectivity index (χ0) is 17.6. The summed E-state index contributed by atoms with van der Waals surface area (Å²) < 4.78 is 4.88. The number of hydrogen-bond donors (Lipinski definition) is 2. The first kappa shape index (κ1) is 16.7. The van der Waals surface area contributed by atoms with E-state index in [9.17, 15) is 14.7 Å². The molecule has 0 spiro atoms. The van der Waals surface area contributed by atoms with Gasteiger partial charge in [-0.3, -0.25) is 4.79 Å². The maximum absolute atomic E-state index is 11.9. The number of benzene rings is 3. The van der Waals surface area contributed by atoms with E-state index in [4.69, 9.17) is 4.74 Å². The van der Waals surface area contributed by atoms with Crippen molar-refractivity contribution in [2.75, 3.05) is 11.9 Å². The molecule has 0 saturated carbocycles. The molecule has 0 aliphatic rings. The van der Waals surface area contributed by atoms with Gasteiger partial charge in [0.25, 0.3) is 5.91 Å². The summed E-state index contributed by atoms with van der Waals surface area (Å²) in [6.45, 7) is -0.463. The van der Waals surface area contributed by atoms with E-state index in [1.54, 1.807) is 36.4 Å². The first-order chi connectivity index (χ1) is 12.1. The molecule has 0 aliphatic carbocycles. The van der Waals surface area contributed by atoms with Crippen LogP contribution in [0.5, 0.6) is 0 Å². The smallest absolute Gasteiger partial charge is 0.340 e. The standard InChI is InChI=1S/C20H17NO4/c22-18(13-25-20(24)19(23)15-7-2-1-3-8-15)21-17-11-10-14-6-4-5-9-16(14)12-17/h1-12,19,23H,13H2,(H,21,22)/t19-/m1/s1. The van der Waals surface area contributed by atoms with Crippen molar-refractivity contribution in [1.29, 1.82) is 0 Å². The minimum Gasteiger partial charge on any atom is -0.453 e. The van der Waals surface area contributed by atoms with Gasteiger partial charge < -0.3 is 15.2 Å². The molecule has 5 heteroatoms. The van der Waals surface area contributed by atoms with Crippen molar-refractivity contribution in [3.05, 3.63) is 78.4 Å². The molecule has 0 radical (unpaired) electrons. The van der Waals surface area contributed by atoms with Crippen LogP contribution in [0.2, 0.25) is 0 Å². The number of rotatable bonds is 5. The third kappa shape index (κ3) is 4.22. The number of fused-ring (bicyclic) bond motifs is 1. The van der Waals surface area contributed by atoms with Crippen molar-refractivity contribution in [1.82, 2.24) is 0 Å². The molecule has 3 aromatic carbocycles. The predicted molar refractivity (Wildman–Crippen MR) is 94.9 cm³/mol. The molecule has 0 saturated heterocycles. The van der Waals surface area contributed by atoms with Crippen LogP contribution in [0.25, 0.3) is 10.8 Å². The van der Waals surface area contributed by atoms with Gasteiger partial charge in [-0.2, -0.15) is 0 Å². The Balaban J connectivity index is 1.56. The zero-order valence-corrected chi connectivity index (χ0v) is 13.4. The van der Waals surface area contributed by atoms with Crippen LogP contribution in [0.4, 0.5) is 5.69 Å². The van der Waals surface area contributed by atoms with Gasteiger partial charge in [0, 0.05) is 5.69 Å². The highest BCUT2D eigenvalue weighted by atomic mass is 16.5. The third-order valence-corrected chi connectivity index (χ3v) is 3.72. The number of aliphatic hydroxyl groups excluding tert-OH is 1. The van der Waals surface area contributed by atoms with Gasteiger partial charge in [0.15, 0.2) is 12.7 Å². The van der Waals surface area contributed by atoms with Crippen molar-refractivity contribution in [2.24, 2.45) is 0 Å². The summed E-state index contributed by atoms with van der Waals surface area (Å²) in [4.78, 5) is 23.8. The number of hydrogen-bond acceptors (Lipinski definition) is 4. The summed E-state index contributed by atoms with van der Waals surface area (Å²) in [6.07, 6.45) is -1.41. The summed E-state index contributed by atoms with van der Waals surface area (Å²) in [5.74, 6) is -1.33. The van der Waals surface area contributed by atoms with Crippen LogP contribution in [-0.4, -0.2) is 23.6 Å². The van der Waals surface area contributed by atoms with Crippen LogP contribution >= 0.6 is 0 Å². The molecule has 0 unspecified atom stereocenters. The number of aliphatic hydroxyl groups is 1. The molecule has 0 fully saturated rings. The number of amides is 1. The Bertz CT molecular complexity index is 892. The van der Waals surface area contributed by atoms with Gasteiger partial charge in [0.1, 0.15) is 0 Å². The van der Waals surface area contributed by atoms with Crippen LogP contribution in [0.3, 0.4) is 0 Å². The van der Waals surface area contributed by atoms with Crippen LogP contribution in [0.15, 0.2) is 72.8 Å². The quantitative estimate of drug-likeness (QED) is 0.703. The molecule has 0 aliphatic heterocycles. The van der Waals surface area contributed by atoms with Crippen LogP contribution in [0, 0.1) is 0 Å². The molecule has 126 valence electrons. The second kappa shape index (κ2) is 7.59. The van der Waals surface area contributed by atoms with Gasteiger partial charge in [-0.15, -0.1) is 0 Å². The highest BCUT2D eigenvalue weighted by molar-refractivity contribution is 5.95. The second-order valence-corrected chi connectivity index (χ2v) is 5.53. The van der Waals surface area contributed by atoms with Gasteiger partial charge in [0.05, 0.1) is 0 Å². The van der Waals surface area contributed by atoms with Crippen LogP contribution in [0.1, 0.15) is 11.7 Å². The Kier molecular flexibility index (Phi) is 5.06. The number of anilines is 1. The SMILES string of the molecule is O=C(COC(=O)[C@H](O)c1ccccc1)Nc1ccc2ccccc2c1. The van der Waals surface area contributed by atoms with Crippen molar-refractivity contribution in [3.63, 3.8) is 0 Å². The van der Waals surface area contributed by atoms with E-state index in [0.29, 0.717) is 11.3 Å². The molecule has 3 aromatic rings. The van der Waals surface area contributed by atoms with Gasteiger partial charge in [0.2, 0.25) is 0 Å². The average Bonchev–Trinajstić information content (AvgIpc) is 2.66. The van der Waals surface area contributed by atoms with E-state index >= 15 is 0 Å². The normalized spacial score (nSPS) is 11.7. The van der Waals surface area contributed by atoms with Gasteiger partial charge in [-0.1, -0.05) is 60.7 Å². The number of nitrogens with one attached hydrogen (secondary N) is 1. The molecule has 3 rings (SSSR count). The fraction of sp³-hybridized carbons (Fsp3) is 0.100. The lowest BCUT2D eigenvalue weighted by atomic mass is 10.1. The van der Waals surface area contributed by atoms with E-state index in [2.05, 4.69) is 5.32 Å². The van der Waals surface area contributed by atoms with Gasteiger partial charge in [-0.05, 0) is 28.5 Å². The minimum atomic E-state index is -1.41. The molecule has 0 bridgehead atoms. The topological polar surface area (TPSA) is 75.6 Å². The minimum absolute atomic E-state index is 0.419. The third-order valence-electron chi connectivity index (χ3n) is 3.72. The molecule has 1 atom stereocenters. The molecular formula is C20H17NO4. The Labute approximate surface area is 144 Å². The van der Waals surface area contributed by atoms with E-state index in [1.807, 2.05) is 36.4 Å². The lowest BCUT2D eigenvalue weighted by Crippen LogP contribution is -2.23. The Morgan fingerprint density at radius 1 is 0.920 bits per heavy atom. The average molecular weight is 335 g/mol. The fourth-order valence-corrected chi connectivity index (χ4v) is 2.45. The molecule has 5 nitrogen and oxygen atoms in total. The lowest BCUT2D eigenvalue weighted by molar-refractivity contribution is -0.156. The Hall–Kier alpha value is -3.18. The number of carbonyl (C=O) groups is 2. The van der Waals surface area contributed by atoms with Crippen molar-refractivity contribution >= 4 is 28.3 Å². The predicted octanol–water partition coefficient (Wildman–Crippen LogP) is 3.06. The summed E-state index contributed by atoms with van der Waals surface area (Å²) in [7, 11) is 0. The fourth-order valence-electron chi connectivity index (χ4n) is 2.45. The maximum atomic E-state index is 11.9. The molecule has 1 amide bonds. The molecule has 0 aromatic heterocycles. The van der Waals surface area contributed by atoms with E-state index in [1.165, 1.54) is 0 Å². The Morgan fingerprint density at radius 2 is 1.60 bits per heavy atom. The summed E-state index contributed by atoms with van der Waals surface area (Å²) in [5, 5.41) is 14.6. The van der Waals surface area contributed by atoms with Crippen molar-refractivity contribution < 1.29 is 19.4 Å². The van der Waals surface area contributed by atoms with Gasteiger partial charge >= 0.3 is 5.97 Å². The lowest BCUT2D eigenvalue weighted by Gasteiger charge is -2.11. The highest BCUT2D eigenvalue weighted by Gasteiger charge is 2.19.